The number of benzene rings is 10. The van der Waals surface area contributed by atoms with Gasteiger partial charge in [0.25, 0.3) is 0 Å². The van der Waals surface area contributed by atoms with E-state index in [1.54, 1.807) is 0 Å². The maximum Gasteiger partial charge on any atom is 0.0713 e. The van der Waals surface area contributed by atoms with Crippen molar-refractivity contribution in [2.45, 2.75) is 53.9 Å². The van der Waals surface area contributed by atoms with Gasteiger partial charge in [0, 0.05) is 51.2 Å². The van der Waals surface area contributed by atoms with Crippen LogP contribution in [-0.2, 0) is 5.41 Å². The second-order valence-electron chi connectivity index (χ2n) is 19.6. The molecule has 0 amide bonds. The molecular formula is C68H59N3. The topological polar surface area (TPSA) is 9.72 Å². The van der Waals surface area contributed by atoms with E-state index in [0.29, 0.717) is 0 Å². The number of hydrogen-bond acceptors (Lipinski definition) is 3. The average Bonchev–Trinajstić information content (AvgIpc) is 3.67. The zero-order valence-electron chi connectivity index (χ0n) is 41.8. The van der Waals surface area contributed by atoms with Crippen molar-refractivity contribution < 1.29 is 0 Å². The summed E-state index contributed by atoms with van der Waals surface area (Å²) in [4.78, 5) is 7.06. The highest BCUT2D eigenvalue weighted by molar-refractivity contribution is 5.88. The quantitative estimate of drug-likeness (QED) is 0.128. The number of nitrogens with zero attached hydrogens (tertiary/aromatic N) is 3. The molecule has 0 unspecified atom stereocenters. The molecule has 0 saturated heterocycles. The first-order chi connectivity index (χ1) is 34.5. The minimum Gasteiger partial charge on any atom is -0.311 e. The highest BCUT2D eigenvalue weighted by Crippen LogP contribution is 2.57. The Labute approximate surface area is 420 Å². The number of anilines is 9. The molecule has 0 atom stereocenters. The molecule has 0 radical (unpaired) electrons. The van der Waals surface area contributed by atoms with Gasteiger partial charge < -0.3 is 14.7 Å². The Balaban J connectivity index is 0.993. The minimum absolute atomic E-state index is 0.484. The first-order valence-corrected chi connectivity index (χ1v) is 24.8. The summed E-state index contributed by atoms with van der Waals surface area (Å²) in [6.07, 6.45) is 0. The summed E-state index contributed by atoms with van der Waals surface area (Å²) in [5, 5.41) is 0. The van der Waals surface area contributed by atoms with E-state index in [4.69, 9.17) is 0 Å². The summed E-state index contributed by atoms with van der Waals surface area (Å²) < 4.78 is 0. The Morgan fingerprint density at radius 3 is 0.648 bits per heavy atom. The van der Waals surface area contributed by atoms with Crippen LogP contribution < -0.4 is 14.7 Å². The Bertz CT molecular complexity index is 3380. The predicted molar refractivity (Wildman–Crippen MR) is 301 cm³/mol. The summed E-state index contributed by atoms with van der Waals surface area (Å²) in [6.45, 7) is 15.2. The summed E-state index contributed by atoms with van der Waals surface area (Å²) in [6, 6.07) is 85.8. The fraction of sp³-hybridized carbons (Fsp3) is 0.118. The molecule has 0 N–H and O–H groups in total. The van der Waals surface area contributed by atoms with Crippen LogP contribution in [0.2, 0.25) is 0 Å². The summed E-state index contributed by atoms with van der Waals surface area (Å²) >= 11 is 0. The van der Waals surface area contributed by atoms with Crippen LogP contribution in [0.15, 0.2) is 231 Å². The van der Waals surface area contributed by atoms with Gasteiger partial charge in [-0.2, -0.15) is 0 Å². The van der Waals surface area contributed by atoms with Crippen LogP contribution >= 0.6 is 0 Å². The standard InChI is InChI=1S/C68H59N3/c1-46-8-20-53(21-9-46)68(66-44-51(6)18-42-64(66)65-43-19-52(7)45-67(65)68)54-22-32-59(33-23-54)70(57-28-14-49(4)15-29-57)61-36-40-63(41-37-61)71(58-30-16-50(5)17-31-58)62-38-34-60(35-39-62)69(55-24-10-47(2)11-25-55)56-26-12-48(3)13-27-56/h8-45H,1-7H3. The molecule has 0 saturated carbocycles. The third kappa shape index (κ3) is 8.38. The number of hydrogen-bond donors (Lipinski definition) is 0. The maximum absolute atomic E-state index is 2.42. The van der Waals surface area contributed by atoms with Crippen LogP contribution in [0.4, 0.5) is 51.2 Å². The second-order valence-corrected chi connectivity index (χ2v) is 19.6. The Kier molecular flexibility index (Phi) is 11.7. The van der Waals surface area contributed by atoms with Gasteiger partial charge in [-0.3, -0.25) is 0 Å². The Morgan fingerprint density at radius 1 is 0.211 bits per heavy atom. The van der Waals surface area contributed by atoms with E-state index >= 15 is 0 Å². The van der Waals surface area contributed by atoms with E-state index in [2.05, 4.69) is 294 Å². The molecule has 1 aliphatic rings. The highest BCUT2D eigenvalue weighted by atomic mass is 15.2. The molecule has 71 heavy (non-hydrogen) atoms. The van der Waals surface area contributed by atoms with Crippen LogP contribution in [0, 0.1) is 48.5 Å². The van der Waals surface area contributed by atoms with Gasteiger partial charge in [0.2, 0.25) is 0 Å². The van der Waals surface area contributed by atoms with E-state index in [1.807, 2.05) is 0 Å². The summed E-state index contributed by atoms with van der Waals surface area (Å²) in [7, 11) is 0. The Hall–Kier alpha value is -8.40. The molecule has 11 rings (SSSR count). The highest BCUT2D eigenvalue weighted by Gasteiger charge is 2.46. The van der Waals surface area contributed by atoms with Crippen LogP contribution in [0.5, 0.6) is 0 Å². The van der Waals surface area contributed by atoms with Crippen molar-refractivity contribution in [3.63, 3.8) is 0 Å². The molecule has 0 bridgehead atoms. The van der Waals surface area contributed by atoms with Crippen molar-refractivity contribution in [1.82, 2.24) is 0 Å². The lowest BCUT2D eigenvalue weighted by molar-refractivity contribution is 0.766. The van der Waals surface area contributed by atoms with Crippen molar-refractivity contribution in [2.24, 2.45) is 0 Å². The van der Waals surface area contributed by atoms with Crippen molar-refractivity contribution in [1.29, 1.82) is 0 Å². The number of fused-ring (bicyclic) bond motifs is 3. The van der Waals surface area contributed by atoms with Crippen molar-refractivity contribution in [3.05, 3.63) is 292 Å². The molecule has 10 aromatic rings. The van der Waals surface area contributed by atoms with Gasteiger partial charge in [0.15, 0.2) is 0 Å². The monoisotopic (exact) mass is 917 g/mol. The second kappa shape index (κ2) is 18.5. The third-order valence-corrected chi connectivity index (χ3v) is 14.4. The van der Waals surface area contributed by atoms with Gasteiger partial charge in [0.05, 0.1) is 5.41 Å². The fourth-order valence-corrected chi connectivity index (χ4v) is 10.6. The average molecular weight is 918 g/mol. The lowest BCUT2D eigenvalue weighted by atomic mass is 9.67. The first-order valence-electron chi connectivity index (χ1n) is 24.8. The minimum atomic E-state index is -0.484. The van der Waals surface area contributed by atoms with E-state index in [0.717, 1.165) is 51.2 Å². The lowest BCUT2D eigenvalue weighted by Crippen LogP contribution is -2.29. The number of rotatable bonds is 11. The van der Waals surface area contributed by atoms with E-state index in [9.17, 15) is 0 Å². The van der Waals surface area contributed by atoms with Gasteiger partial charge >= 0.3 is 0 Å². The van der Waals surface area contributed by atoms with Gasteiger partial charge in [-0.05, 0) is 191 Å². The maximum atomic E-state index is 2.42. The van der Waals surface area contributed by atoms with Gasteiger partial charge in [0.1, 0.15) is 0 Å². The smallest absolute Gasteiger partial charge is 0.0713 e. The zero-order valence-corrected chi connectivity index (χ0v) is 41.8. The van der Waals surface area contributed by atoms with Crippen LogP contribution in [0.1, 0.15) is 61.2 Å². The largest absolute Gasteiger partial charge is 0.311 e. The molecule has 1 aliphatic carbocycles. The molecule has 0 heterocycles. The van der Waals surface area contributed by atoms with Gasteiger partial charge in [-0.15, -0.1) is 0 Å². The van der Waals surface area contributed by atoms with Crippen LogP contribution in [0.3, 0.4) is 0 Å². The molecule has 10 aromatic carbocycles. The first kappa shape index (κ1) is 45.1. The molecule has 0 spiro atoms. The normalized spacial score (nSPS) is 12.3. The van der Waals surface area contributed by atoms with Crippen molar-refractivity contribution in [3.8, 4) is 11.1 Å². The molecule has 3 nitrogen and oxygen atoms in total. The van der Waals surface area contributed by atoms with Crippen molar-refractivity contribution in [2.75, 3.05) is 14.7 Å². The van der Waals surface area contributed by atoms with E-state index in [-0.39, 0.29) is 0 Å². The molecule has 346 valence electrons. The summed E-state index contributed by atoms with van der Waals surface area (Å²) in [5.41, 5.74) is 25.9. The number of aryl methyl sites for hydroxylation is 7. The zero-order chi connectivity index (χ0) is 48.8. The molecular weight excluding hydrogens is 859 g/mol. The van der Waals surface area contributed by atoms with E-state index < -0.39 is 5.41 Å². The van der Waals surface area contributed by atoms with Gasteiger partial charge in [-0.1, -0.05) is 160 Å². The predicted octanol–water partition coefficient (Wildman–Crippen LogP) is 18.6. The SMILES string of the molecule is Cc1ccc(N(c2ccc(C)cc2)c2ccc(N(c3ccc(C)cc3)c3ccc(N(c4ccc(C)cc4)c4ccc(C5(c6ccc(C)cc6)c6cc(C)ccc6-c6ccc(C)cc65)cc4)cc3)cc2)cc1. The summed E-state index contributed by atoms with van der Waals surface area (Å²) in [5.74, 6) is 0. The van der Waals surface area contributed by atoms with Crippen LogP contribution in [0.25, 0.3) is 11.1 Å². The van der Waals surface area contributed by atoms with Gasteiger partial charge in [-0.25, -0.2) is 0 Å². The van der Waals surface area contributed by atoms with E-state index in [1.165, 1.54) is 72.3 Å². The third-order valence-electron chi connectivity index (χ3n) is 14.4. The molecule has 0 fully saturated rings. The molecule has 0 aromatic heterocycles. The molecule has 3 heteroatoms. The molecule has 0 aliphatic heterocycles. The van der Waals surface area contributed by atoms with Crippen molar-refractivity contribution >= 4 is 51.2 Å². The Morgan fingerprint density at radius 2 is 0.394 bits per heavy atom. The lowest BCUT2D eigenvalue weighted by Gasteiger charge is -2.35. The van der Waals surface area contributed by atoms with Crippen LogP contribution in [-0.4, -0.2) is 0 Å². The fourth-order valence-electron chi connectivity index (χ4n) is 10.6.